The Bertz CT molecular complexity index is 446. The first kappa shape index (κ1) is 14.1. The van der Waals surface area contributed by atoms with Gasteiger partial charge in [0.2, 0.25) is 5.91 Å². The van der Waals surface area contributed by atoms with Gasteiger partial charge in [0.15, 0.2) is 0 Å². The van der Waals surface area contributed by atoms with E-state index < -0.39 is 0 Å². The van der Waals surface area contributed by atoms with E-state index in [4.69, 9.17) is 5.73 Å². The van der Waals surface area contributed by atoms with Crippen LogP contribution < -0.4 is 5.73 Å². The highest BCUT2D eigenvalue weighted by molar-refractivity contribution is 5.84. The minimum atomic E-state index is -0.264. The van der Waals surface area contributed by atoms with Crippen LogP contribution in [0.3, 0.4) is 0 Å². The molecular formula is C16H24N2O. The van der Waals surface area contributed by atoms with Crippen molar-refractivity contribution >= 4 is 5.91 Å². The van der Waals surface area contributed by atoms with Gasteiger partial charge in [0.05, 0.1) is 5.41 Å². The average molecular weight is 260 g/mol. The van der Waals surface area contributed by atoms with Crippen LogP contribution >= 0.6 is 0 Å². The van der Waals surface area contributed by atoms with Crippen LogP contribution in [0.5, 0.6) is 0 Å². The Balaban J connectivity index is 2.10. The standard InChI is InChI=1S/C16H24N2O/c1-3-18(11-14-7-4-6-13(2)10-14)15(19)16(12-17)8-5-9-16/h4,6-7,10H,3,5,8-9,11-12,17H2,1-2H3. The Morgan fingerprint density at radius 2 is 2.16 bits per heavy atom. The highest BCUT2D eigenvalue weighted by Crippen LogP contribution is 2.41. The number of amides is 1. The van der Waals surface area contributed by atoms with E-state index >= 15 is 0 Å². The van der Waals surface area contributed by atoms with Crippen LogP contribution in [0.2, 0.25) is 0 Å². The molecule has 1 saturated carbocycles. The van der Waals surface area contributed by atoms with Crippen molar-refractivity contribution in [1.82, 2.24) is 4.90 Å². The lowest BCUT2D eigenvalue weighted by molar-refractivity contribution is -0.147. The van der Waals surface area contributed by atoms with E-state index in [1.807, 2.05) is 17.9 Å². The van der Waals surface area contributed by atoms with Crippen molar-refractivity contribution in [3.05, 3.63) is 35.4 Å². The molecule has 0 saturated heterocycles. The van der Waals surface area contributed by atoms with Gasteiger partial charge < -0.3 is 10.6 Å². The maximum Gasteiger partial charge on any atom is 0.230 e. The Morgan fingerprint density at radius 1 is 1.42 bits per heavy atom. The minimum Gasteiger partial charge on any atom is -0.338 e. The van der Waals surface area contributed by atoms with Crippen LogP contribution in [0.1, 0.15) is 37.3 Å². The number of rotatable bonds is 5. The Kier molecular flexibility index (Phi) is 4.25. The normalized spacial score (nSPS) is 16.8. The molecule has 1 fully saturated rings. The van der Waals surface area contributed by atoms with Crippen LogP contribution in [0.25, 0.3) is 0 Å². The highest BCUT2D eigenvalue weighted by atomic mass is 16.2. The SMILES string of the molecule is CCN(Cc1cccc(C)c1)C(=O)C1(CN)CCC1. The first-order valence-corrected chi connectivity index (χ1v) is 7.16. The molecule has 1 aromatic carbocycles. The van der Waals surface area contributed by atoms with Gasteiger partial charge in [-0.2, -0.15) is 0 Å². The summed E-state index contributed by atoms with van der Waals surface area (Å²) in [7, 11) is 0. The fourth-order valence-electron chi connectivity index (χ4n) is 2.80. The van der Waals surface area contributed by atoms with Gasteiger partial charge in [0.25, 0.3) is 0 Å². The van der Waals surface area contributed by atoms with Crippen molar-refractivity contribution in [3.63, 3.8) is 0 Å². The molecular weight excluding hydrogens is 236 g/mol. The summed E-state index contributed by atoms with van der Waals surface area (Å²) in [6.45, 7) is 6.04. The molecule has 1 amide bonds. The van der Waals surface area contributed by atoms with Crippen LogP contribution in [0.4, 0.5) is 0 Å². The molecule has 2 rings (SSSR count). The molecule has 3 heteroatoms. The fraction of sp³-hybridized carbons (Fsp3) is 0.562. The molecule has 0 aliphatic heterocycles. The van der Waals surface area contributed by atoms with Gasteiger partial charge in [-0.25, -0.2) is 0 Å². The number of nitrogens with zero attached hydrogens (tertiary/aromatic N) is 1. The summed E-state index contributed by atoms with van der Waals surface area (Å²) in [4.78, 5) is 14.6. The molecule has 2 N–H and O–H groups in total. The lowest BCUT2D eigenvalue weighted by Crippen LogP contribution is -2.51. The second-order valence-corrected chi connectivity index (χ2v) is 5.65. The average Bonchev–Trinajstić information content (AvgIpc) is 2.35. The summed E-state index contributed by atoms with van der Waals surface area (Å²) in [5, 5.41) is 0. The number of benzene rings is 1. The summed E-state index contributed by atoms with van der Waals surface area (Å²) >= 11 is 0. The zero-order chi connectivity index (χ0) is 13.9. The Labute approximate surface area is 115 Å². The first-order valence-electron chi connectivity index (χ1n) is 7.16. The molecule has 19 heavy (non-hydrogen) atoms. The molecule has 0 bridgehead atoms. The van der Waals surface area contributed by atoms with Gasteiger partial charge in [-0.3, -0.25) is 4.79 Å². The number of nitrogens with two attached hydrogens (primary N) is 1. The molecule has 104 valence electrons. The van der Waals surface area contributed by atoms with E-state index in [0.717, 1.165) is 25.8 Å². The summed E-state index contributed by atoms with van der Waals surface area (Å²) in [6, 6.07) is 8.35. The van der Waals surface area contributed by atoms with E-state index in [2.05, 4.69) is 25.1 Å². The summed E-state index contributed by atoms with van der Waals surface area (Å²) < 4.78 is 0. The predicted octanol–water partition coefficient (Wildman–Crippen LogP) is 2.47. The summed E-state index contributed by atoms with van der Waals surface area (Å²) in [5.41, 5.74) is 8.00. The molecule has 1 aromatic rings. The van der Waals surface area contributed by atoms with Crippen LogP contribution in [0.15, 0.2) is 24.3 Å². The molecule has 0 heterocycles. The van der Waals surface area contributed by atoms with Gasteiger partial charge in [0, 0.05) is 19.6 Å². The fourth-order valence-corrected chi connectivity index (χ4v) is 2.80. The van der Waals surface area contributed by atoms with E-state index in [1.165, 1.54) is 11.1 Å². The van der Waals surface area contributed by atoms with Crippen molar-refractivity contribution in [2.24, 2.45) is 11.1 Å². The number of carbonyl (C=O) groups excluding carboxylic acids is 1. The van der Waals surface area contributed by atoms with E-state index in [9.17, 15) is 4.79 Å². The van der Waals surface area contributed by atoms with Crippen molar-refractivity contribution in [3.8, 4) is 0 Å². The second kappa shape index (κ2) is 5.74. The zero-order valence-electron chi connectivity index (χ0n) is 12.0. The number of carbonyl (C=O) groups is 1. The molecule has 0 spiro atoms. The predicted molar refractivity (Wildman–Crippen MR) is 77.6 cm³/mol. The molecule has 1 aliphatic carbocycles. The molecule has 1 aliphatic rings. The molecule has 3 nitrogen and oxygen atoms in total. The van der Waals surface area contributed by atoms with Gasteiger partial charge >= 0.3 is 0 Å². The quantitative estimate of drug-likeness (QED) is 0.884. The lowest BCUT2D eigenvalue weighted by Gasteiger charge is -2.42. The Morgan fingerprint density at radius 3 is 2.63 bits per heavy atom. The van der Waals surface area contributed by atoms with Gasteiger partial charge in [-0.05, 0) is 32.3 Å². The maximum atomic E-state index is 12.6. The zero-order valence-corrected chi connectivity index (χ0v) is 12.0. The van der Waals surface area contributed by atoms with E-state index in [1.54, 1.807) is 0 Å². The molecule has 0 radical (unpaired) electrons. The van der Waals surface area contributed by atoms with Gasteiger partial charge in [0.1, 0.15) is 0 Å². The number of hydrogen-bond acceptors (Lipinski definition) is 2. The number of aryl methyl sites for hydroxylation is 1. The van der Waals surface area contributed by atoms with Crippen molar-refractivity contribution in [2.45, 2.75) is 39.7 Å². The third-order valence-electron chi connectivity index (χ3n) is 4.28. The third-order valence-corrected chi connectivity index (χ3v) is 4.28. The maximum absolute atomic E-state index is 12.6. The topological polar surface area (TPSA) is 46.3 Å². The lowest BCUT2D eigenvalue weighted by atomic mass is 9.68. The largest absolute Gasteiger partial charge is 0.338 e. The van der Waals surface area contributed by atoms with Crippen molar-refractivity contribution < 1.29 is 4.79 Å². The first-order chi connectivity index (χ1) is 9.11. The molecule has 0 atom stereocenters. The molecule has 0 unspecified atom stereocenters. The van der Waals surface area contributed by atoms with Crippen molar-refractivity contribution in [2.75, 3.05) is 13.1 Å². The van der Waals surface area contributed by atoms with Gasteiger partial charge in [-0.1, -0.05) is 36.2 Å². The summed E-state index contributed by atoms with van der Waals surface area (Å²) in [6.07, 6.45) is 3.03. The highest BCUT2D eigenvalue weighted by Gasteiger charge is 2.44. The van der Waals surface area contributed by atoms with Crippen LogP contribution in [-0.4, -0.2) is 23.9 Å². The number of hydrogen-bond donors (Lipinski definition) is 1. The van der Waals surface area contributed by atoms with Crippen LogP contribution in [0, 0.1) is 12.3 Å². The minimum absolute atomic E-state index is 0.241. The second-order valence-electron chi connectivity index (χ2n) is 5.65. The molecule has 0 aromatic heterocycles. The third kappa shape index (κ3) is 2.81. The van der Waals surface area contributed by atoms with E-state index in [-0.39, 0.29) is 11.3 Å². The monoisotopic (exact) mass is 260 g/mol. The smallest absolute Gasteiger partial charge is 0.230 e. The van der Waals surface area contributed by atoms with Crippen molar-refractivity contribution in [1.29, 1.82) is 0 Å². The van der Waals surface area contributed by atoms with E-state index in [0.29, 0.717) is 13.1 Å². The Hall–Kier alpha value is -1.35. The van der Waals surface area contributed by atoms with Crippen LogP contribution in [-0.2, 0) is 11.3 Å². The summed E-state index contributed by atoms with van der Waals surface area (Å²) in [5.74, 6) is 0.241. The van der Waals surface area contributed by atoms with Gasteiger partial charge in [-0.15, -0.1) is 0 Å².